The molecule has 22 heavy (non-hydrogen) atoms. The maximum Gasteiger partial charge on any atom is 0.265 e. The monoisotopic (exact) mass is 351 g/mol. The van der Waals surface area contributed by atoms with Crippen LogP contribution in [-0.2, 0) is 0 Å². The summed E-state index contributed by atoms with van der Waals surface area (Å²) in [5.74, 6) is -0.787. The molecule has 1 amide bonds. The lowest BCUT2D eigenvalue weighted by Gasteiger charge is -2.04. The maximum absolute atomic E-state index is 13.1. The van der Waals surface area contributed by atoms with Crippen molar-refractivity contribution >= 4 is 61.2 Å². The van der Waals surface area contributed by atoms with Gasteiger partial charge in [0.2, 0.25) is 0 Å². The zero-order chi connectivity index (χ0) is 15.3. The van der Waals surface area contributed by atoms with Gasteiger partial charge in [-0.1, -0.05) is 11.6 Å². The standard InChI is InChI=1S/C14H7ClFN3OS2/c15-8-5-7(1-2-9(8)16)17-12(20)11-6-10-13(22-11)18-14-19(10)3-4-21-14/h1-6H,(H,17,20). The fourth-order valence-electron chi connectivity index (χ4n) is 2.13. The predicted octanol–water partition coefficient (Wildman–Crippen LogP) is 4.66. The maximum atomic E-state index is 13.1. The van der Waals surface area contributed by atoms with Crippen molar-refractivity contribution in [3.05, 3.63) is 51.6 Å². The van der Waals surface area contributed by atoms with E-state index < -0.39 is 5.82 Å². The second kappa shape index (κ2) is 5.05. The lowest BCUT2D eigenvalue weighted by Crippen LogP contribution is -2.10. The van der Waals surface area contributed by atoms with Crippen molar-refractivity contribution in [2.45, 2.75) is 0 Å². The van der Waals surface area contributed by atoms with E-state index in [0.717, 1.165) is 15.3 Å². The Kier molecular flexibility index (Phi) is 3.14. The van der Waals surface area contributed by atoms with E-state index in [1.54, 1.807) is 17.4 Å². The molecule has 0 spiro atoms. The van der Waals surface area contributed by atoms with Crippen LogP contribution in [0.15, 0.2) is 35.8 Å². The number of hydrogen-bond acceptors (Lipinski definition) is 4. The summed E-state index contributed by atoms with van der Waals surface area (Å²) >= 11 is 8.57. The van der Waals surface area contributed by atoms with Crippen molar-refractivity contribution in [3.63, 3.8) is 0 Å². The summed E-state index contributed by atoms with van der Waals surface area (Å²) < 4.78 is 15.1. The number of nitrogens with zero attached hydrogens (tertiary/aromatic N) is 2. The van der Waals surface area contributed by atoms with Crippen LogP contribution in [0.2, 0.25) is 5.02 Å². The number of benzene rings is 1. The molecule has 1 aromatic carbocycles. The van der Waals surface area contributed by atoms with Crippen molar-refractivity contribution in [2.75, 3.05) is 5.32 Å². The molecule has 110 valence electrons. The smallest absolute Gasteiger partial charge is 0.265 e. The summed E-state index contributed by atoms with van der Waals surface area (Å²) in [5.41, 5.74) is 1.36. The van der Waals surface area contributed by atoms with Crippen LogP contribution < -0.4 is 5.32 Å². The number of rotatable bonds is 2. The number of aromatic nitrogens is 2. The number of carbonyl (C=O) groups is 1. The van der Waals surface area contributed by atoms with Crippen LogP contribution in [-0.4, -0.2) is 15.3 Å². The second-order valence-corrected chi connectivity index (χ2v) is 6.86. The summed E-state index contributed by atoms with van der Waals surface area (Å²) in [6.45, 7) is 0. The minimum Gasteiger partial charge on any atom is -0.321 e. The summed E-state index contributed by atoms with van der Waals surface area (Å²) in [5, 5.41) is 4.62. The van der Waals surface area contributed by atoms with Gasteiger partial charge in [0.15, 0.2) is 4.96 Å². The predicted molar refractivity (Wildman–Crippen MR) is 87.8 cm³/mol. The molecular formula is C14H7ClFN3OS2. The van der Waals surface area contributed by atoms with Crippen LogP contribution in [0.25, 0.3) is 15.3 Å². The number of fused-ring (bicyclic) bond motifs is 3. The Hall–Kier alpha value is -1.96. The molecule has 3 heterocycles. The van der Waals surface area contributed by atoms with Crippen molar-refractivity contribution in [1.29, 1.82) is 0 Å². The van der Waals surface area contributed by atoms with Gasteiger partial charge < -0.3 is 5.32 Å². The van der Waals surface area contributed by atoms with Gasteiger partial charge in [0.05, 0.1) is 15.4 Å². The zero-order valence-corrected chi connectivity index (χ0v) is 13.2. The third kappa shape index (κ3) is 2.18. The van der Waals surface area contributed by atoms with Gasteiger partial charge in [-0.15, -0.1) is 22.7 Å². The van der Waals surface area contributed by atoms with Gasteiger partial charge in [-0.2, -0.15) is 0 Å². The van der Waals surface area contributed by atoms with Crippen LogP contribution in [0.5, 0.6) is 0 Å². The number of carbonyl (C=O) groups excluding carboxylic acids is 1. The Balaban J connectivity index is 1.66. The van der Waals surface area contributed by atoms with Gasteiger partial charge in [-0.3, -0.25) is 9.20 Å². The van der Waals surface area contributed by atoms with Crippen LogP contribution in [0.3, 0.4) is 0 Å². The zero-order valence-electron chi connectivity index (χ0n) is 10.8. The molecule has 0 radical (unpaired) electrons. The number of nitrogens with one attached hydrogen (secondary N) is 1. The molecule has 4 nitrogen and oxygen atoms in total. The molecular weight excluding hydrogens is 345 g/mol. The number of thiazole rings is 1. The van der Waals surface area contributed by atoms with E-state index in [1.165, 1.54) is 29.5 Å². The molecule has 0 saturated heterocycles. The first-order valence-electron chi connectivity index (χ1n) is 6.23. The largest absolute Gasteiger partial charge is 0.321 e. The summed E-state index contributed by atoms with van der Waals surface area (Å²) in [7, 11) is 0. The summed E-state index contributed by atoms with van der Waals surface area (Å²) in [4.78, 5) is 19.0. The minimum atomic E-state index is -0.519. The topological polar surface area (TPSA) is 46.4 Å². The number of anilines is 1. The van der Waals surface area contributed by atoms with Gasteiger partial charge in [-0.25, -0.2) is 9.37 Å². The van der Waals surface area contributed by atoms with Crippen molar-refractivity contribution < 1.29 is 9.18 Å². The molecule has 1 N–H and O–H groups in total. The van der Waals surface area contributed by atoms with Crippen LogP contribution in [0.1, 0.15) is 9.67 Å². The van der Waals surface area contributed by atoms with Crippen LogP contribution in [0, 0.1) is 5.82 Å². The van der Waals surface area contributed by atoms with E-state index in [-0.39, 0.29) is 10.9 Å². The quantitative estimate of drug-likeness (QED) is 0.571. The van der Waals surface area contributed by atoms with Gasteiger partial charge in [-0.05, 0) is 24.3 Å². The first kappa shape index (κ1) is 13.7. The molecule has 4 rings (SSSR count). The Morgan fingerprint density at radius 3 is 3.05 bits per heavy atom. The van der Waals surface area contributed by atoms with Gasteiger partial charge in [0.1, 0.15) is 10.6 Å². The lowest BCUT2D eigenvalue weighted by molar-refractivity contribution is 0.103. The summed E-state index contributed by atoms with van der Waals surface area (Å²) in [6, 6.07) is 5.87. The van der Waals surface area contributed by atoms with Crippen molar-refractivity contribution in [1.82, 2.24) is 9.38 Å². The van der Waals surface area contributed by atoms with E-state index in [9.17, 15) is 9.18 Å². The number of hydrogen-bond donors (Lipinski definition) is 1. The molecule has 0 fully saturated rings. The molecule has 0 saturated carbocycles. The first-order valence-corrected chi connectivity index (χ1v) is 8.31. The number of halogens is 2. The SMILES string of the molecule is O=C(Nc1ccc(F)c(Cl)c1)c1cc2c(nc3sccn32)s1. The highest BCUT2D eigenvalue weighted by Gasteiger charge is 2.15. The number of thiophene rings is 1. The number of imidazole rings is 1. The van der Waals surface area contributed by atoms with E-state index >= 15 is 0 Å². The minimum absolute atomic E-state index is 0.0278. The second-order valence-electron chi connectivity index (χ2n) is 4.55. The molecule has 0 aliphatic heterocycles. The van der Waals surface area contributed by atoms with Gasteiger partial charge >= 0.3 is 0 Å². The van der Waals surface area contributed by atoms with Crippen LogP contribution >= 0.6 is 34.3 Å². The highest BCUT2D eigenvalue weighted by molar-refractivity contribution is 7.21. The van der Waals surface area contributed by atoms with Crippen molar-refractivity contribution in [3.8, 4) is 0 Å². The molecule has 0 aliphatic carbocycles. The molecule has 3 aromatic heterocycles. The Labute approximate surface area is 136 Å². The van der Waals surface area contributed by atoms with Gasteiger partial charge in [0.25, 0.3) is 5.91 Å². The fraction of sp³-hybridized carbons (Fsp3) is 0. The summed E-state index contributed by atoms with van der Waals surface area (Å²) in [6.07, 6.45) is 1.92. The van der Waals surface area contributed by atoms with E-state index in [0.29, 0.717) is 10.6 Å². The van der Waals surface area contributed by atoms with Gasteiger partial charge in [0, 0.05) is 17.3 Å². The lowest BCUT2D eigenvalue weighted by atomic mass is 10.3. The highest BCUT2D eigenvalue weighted by Crippen LogP contribution is 2.29. The Bertz CT molecular complexity index is 1020. The normalized spacial score (nSPS) is 11.4. The van der Waals surface area contributed by atoms with Crippen molar-refractivity contribution in [2.24, 2.45) is 0 Å². The fourth-order valence-corrected chi connectivity index (χ4v) is 4.00. The Morgan fingerprint density at radius 1 is 1.36 bits per heavy atom. The molecule has 4 aromatic rings. The first-order chi connectivity index (χ1) is 10.6. The Morgan fingerprint density at radius 2 is 2.23 bits per heavy atom. The number of amides is 1. The third-order valence-electron chi connectivity index (χ3n) is 3.14. The highest BCUT2D eigenvalue weighted by atomic mass is 35.5. The third-order valence-corrected chi connectivity index (χ3v) is 5.20. The van der Waals surface area contributed by atoms with E-state index in [4.69, 9.17) is 11.6 Å². The molecule has 0 unspecified atom stereocenters. The van der Waals surface area contributed by atoms with E-state index in [1.807, 2.05) is 16.0 Å². The molecule has 8 heteroatoms. The molecule has 0 aliphatic rings. The van der Waals surface area contributed by atoms with E-state index in [2.05, 4.69) is 10.3 Å². The molecule has 0 atom stereocenters. The average Bonchev–Trinajstić information content (AvgIpc) is 3.14. The van der Waals surface area contributed by atoms with Crippen LogP contribution in [0.4, 0.5) is 10.1 Å². The average molecular weight is 352 g/mol. The molecule has 0 bridgehead atoms.